The molecule has 1 aromatic rings. The number of aliphatic hydroxyl groups is 1. The molecule has 2 heterocycles. The minimum absolute atomic E-state index is 0.0892. The monoisotopic (exact) mass is 329 g/mol. The predicted octanol–water partition coefficient (Wildman–Crippen LogP) is 3.41. The Balaban J connectivity index is 1.95. The molecule has 24 heavy (non-hydrogen) atoms. The zero-order chi connectivity index (χ0) is 16.9. The number of amides is 1. The van der Waals surface area contributed by atoms with E-state index in [1.807, 2.05) is 25.1 Å². The summed E-state index contributed by atoms with van der Waals surface area (Å²) in [5, 5.41) is 13.3. The largest absolute Gasteiger partial charge is 0.512 e. The van der Waals surface area contributed by atoms with Crippen LogP contribution in [0.25, 0.3) is 0 Å². The molecule has 0 spiro atoms. The quantitative estimate of drug-likeness (QED) is 0.644. The summed E-state index contributed by atoms with van der Waals surface area (Å²) in [5.41, 5.74) is 0.733. The van der Waals surface area contributed by atoms with Gasteiger partial charge in [0.15, 0.2) is 17.2 Å². The smallest absolute Gasteiger partial charge is 0.254 e. The maximum Gasteiger partial charge on any atom is 0.254 e. The Morgan fingerprint density at radius 3 is 3.04 bits per heavy atom. The van der Waals surface area contributed by atoms with E-state index < -0.39 is 5.72 Å². The molecule has 0 aromatic heterocycles. The Hall–Kier alpha value is -2.17. The normalized spacial score (nSPS) is 32.8. The summed E-state index contributed by atoms with van der Waals surface area (Å²) in [6.07, 6.45) is 3.89. The second-order valence-electron chi connectivity index (χ2n) is 6.88. The highest BCUT2D eigenvalue weighted by atomic mass is 16.5. The lowest BCUT2D eigenvalue weighted by Gasteiger charge is -2.54. The highest BCUT2D eigenvalue weighted by Gasteiger charge is 2.58. The summed E-state index contributed by atoms with van der Waals surface area (Å²) in [5.74, 6) is 1.28. The summed E-state index contributed by atoms with van der Waals surface area (Å²) >= 11 is 0. The van der Waals surface area contributed by atoms with Crippen molar-refractivity contribution in [3.8, 4) is 11.5 Å². The van der Waals surface area contributed by atoms with Crippen molar-refractivity contribution in [1.29, 1.82) is 0 Å². The van der Waals surface area contributed by atoms with Crippen molar-refractivity contribution in [2.45, 2.75) is 51.2 Å². The van der Waals surface area contributed by atoms with Crippen LogP contribution in [0.4, 0.5) is 0 Å². The third kappa shape index (κ3) is 2.03. The van der Waals surface area contributed by atoms with Crippen LogP contribution in [0.1, 0.15) is 51.0 Å². The van der Waals surface area contributed by atoms with Crippen molar-refractivity contribution in [3.05, 3.63) is 35.1 Å². The van der Waals surface area contributed by atoms with Gasteiger partial charge in [-0.1, -0.05) is 18.6 Å². The fourth-order valence-corrected chi connectivity index (χ4v) is 4.62. The number of para-hydroxylation sites is 1. The standard InChI is InChI=1S/C19H23NO4/c1-3-23-14-9-6-7-12-16-13-8-4-5-10-19(13,24-17(12)14)20-18(22)15(16)11(2)21/h6-7,9,13,16,21H,3-5,8,10H2,1-2H3,(H,20,22). The number of rotatable bonds is 2. The van der Waals surface area contributed by atoms with Crippen molar-refractivity contribution in [2.24, 2.45) is 5.92 Å². The van der Waals surface area contributed by atoms with E-state index in [-0.39, 0.29) is 23.5 Å². The van der Waals surface area contributed by atoms with Crippen molar-refractivity contribution >= 4 is 5.91 Å². The molecule has 3 aliphatic rings. The Morgan fingerprint density at radius 2 is 2.29 bits per heavy atom. The number of hydrogen-bond donors (Lipinski definition) is 2. The highest BCUT2D eigenvalue weighted by Crippen LogP contribution is 2.57. The molecule has 1 saturated carbocycles. The number of carbonyl (C=O) groups is 1. The van der Waals surface area contributed by atoms with Gasteiger partial charge in [-0.2, -0.15) is 0 Å². The first kappa shape index (κ1) is 15.4. The molecule has 5 heteroatoms. The van der Waals surface area contributed by atoms with Crippen LogP contribution in [-0.4, -0.2) is 23.3 Å². The number of carbonyl (C=O) groups excluding carboxylic acids is 1. The van der Waals surface area contributed by atoms with E-state index in [1.165, 1.54) is 0 Å². The second kappa shape index (κ2) is 5.43. The number of ether oxygens (including phenoxy) is 2. The first-order valence-corrected chi connectivity index (χ1v) is 8.74. The van der Waals surface area contributed by atoms with Gasteiger partial charge in [0.05, 0.1) is 17.9 Å². The van der Waals surface area contributed by atoms with Gasteiger partial charge in [0.25, 0.3) is 5.91 Å². The van der Waals surface area contributed by atoms with Gasteiger partial charge < -0.3 is 19.9 Å². The van der Waals surface area contributed by atoms with Gasteiger partial charge in [0.2, 0.25) is 0 Å². The first-order chi connectivity index (χ1) is 11.6. The lowest BCUT2D eigenvalue weighted by Crippen LogP contribution is -2.66. The van der Waals surface area contributed by atoms with Gasteiger partial charge in [-0.3, -0.25) is 4.79 Å². The minimum Gasteiger partial charge on any atom is -0.512 e. The number of piperidine rings is 1. The maximum atomic E-state index is 12.7. The number of fused-ring (bicyclic) bond motifs is 2. The van der Waals surface area contributed by atoms with E-state index in [9.17, 15) is 9.90 Å². The molecular weight excluding hydrogens is 306 g/mol. The summed E-state index contributed by atoms with van der Waals surface area (Å²) in [4.78, 5) is 12.7. The Morgan fingerprint density at radius 1 is 1.46 bits per heavy atom. The molecule has 5 nitrogen and oxygen atoms in total. The van der Waals surface area contributed by atoms with Crippen LogP contribution in [0.2, 0.25) is 0 Å². The molecule has 1 aliphatic carbocycles. The molecule has 0 radical (unpaired) electrons. The first-order valence-electron chi connectivity index (χ1n) is 8.74. The molecule has 3 atom stereocenters. The summed E-state index contributed by atoms with van der Waals surface area (Å²) < 4.78 is 12.2. The second-order valence-corrected chi connectivity index (χ2v) is 6.88. The van der Waals surface area contributed by atoms with Crippen LogP contribution < -0.4 is 14.8 Å². The van der Waals surface area contributed by atoms with E-state index >= 15 is 0 Å². The van der Waals surface area contributed by atoms with Gasteiger partial charge in [-0.05, 0) is 32.8 Å². The Bertz CT molecular complexity index is 722. The predicted molar refractivity (Wildman–Crippen MR) is 89.1 cm³/mol. The Kier molecular flexibility index (Phi) is 3.48. The van der Waals surface area contributed by atoms with E-state index in [0.717, 1.165) is 31.2 Å². The molecule has 2 bridgehead atoms. The lowest BCUT2D eigenvalue weighted by atomic mass is 9.64. The van der Waals surface area contributed by atoms with E-state index in [4.69, 9.17) is 9.47 Å². The fourth-order valence-electron chi connectivity index (χ4n) is 4.62. The Labute approximate surface area is 141 Å². The van der Waals surface area contributed by atoms with Crippen LogP contribution in [0.5, 0.6) is 11.5 Å². The third-order valence-corrected chi connectivity index (χ3v) is 5.51. The van der Waals surface area contributed by atoms with Crippen molar-refractivity contribution in [2.75, 3.05) is 6.61 Å². The van der Waals surface area contributed by atoms with Crippen LogP contribution >= 0.6 is 0 Å². The molecule has 2 aliphatic heterocycles. The van der Waals surface area contributed by atoms with Crippen LogP contribution in [-0.2, 0) is 4.79 Å². The van der Waals surface area contributed by atoms with Crippen molar-refractivity contribution in [3.63, 3.8) is 0 Å². The van der Waals surface area contributed by atoms with Crippen LogP contribution in [0.3, 0.4) is 0 Å². The van der Waals surface area contributed by atoms with Gasteiger partial charge in [0, 0.05) is 23.8 Å². The third-order valence-electron chi connectivity index (χ3n) is 5.51. The van der Waals surface area contributed by atoms with E-state index in [2.05, 4.69) is 5.32 Å². The maximum absolute atomic E-state index is 12.7. The number of aliphatic hydroxyl groups excluding tert-OH is 1. The van der Waals surface area contributed by atoms with Crippen molar-refractivity contribution < 1.29 is 19.4 Å². The van der Waals surface area contributed by atoms with Gasteiger partial charge in [-0.15, -0.1) is 0 Å². The molecule has 2 fully saturated rings. The van der Waals surface area contributed by atoms with Crippen LogP contribution in [0, 0.1) is 5.92 Å². The highest BCUT2D eigenvalue weighted by molar-refractivity contribution is 5.97. The van der Waals surface area contributed by atoms with Crippen molar-refractivity contribution in [1.82, 2.24) is 5.32 Å². The molecule has 2 N–H and O–H groups in total. The summed E-state index contributed by atoms with van der Waals surface area (Å²) in [6.45, 7) is 4.08. The minimum atomic E-state index is -0.681. The van der Waals surface area contributed by atoms with Gasteiger partial charge in [-0.25, -0.2) is 0 Å². The SMILES string of the molecule is CCOc1cccc2c1OC13CCCCC1C2C(=C(C)O)C(=O)N3. The van der Waals surface area contributed by atoms with E-state index in [0.29, 0.717) is 23.7 Å². The van der Waals surface area contributed by atoms with Crippen LogP contribution in [0.15, 0.2) is 29.5 Å². The number of allylic oxidation sites excluding steroid dienone is 1. The summed E-state index contributed by atoms with van der Waals surface area (Å²) in [6, 6.07) is 5.82. The molecule has 128 valence electrons. The zero-order valence-corrected chi connectivity index (χ0v) is 14.1. The van der Waals surface area contributed by atoms with Gasteiger partial charge >= 0.3 is 0 Å². The molecule has 4 rings (SSSR count). The van der Waals surface area contributed by atoms with E-state index in [1.54, 1.807) is 6.92 Å². The molecular formula is C19H23NO4. The average Bonchev–Trinajstić information content (AvgIpc) is 2.54. The topological polar surface area (TPSA) is 67.8 Å². The zero-order valence-electron chi connectivity index (χ0n) is 14.1. The average molecular weight is 329 g/mol. The van der Waals surface area contributed by atoms with Gasteiger partial charge in [0.1, 0.15) is 0 Å². The molecule has 1 saturated heterocycles. The molecule has 1 amide bonds. The number of hydrogen-bond acceptors (Lipinski definition) is 4. The lowest BCUT2D eigenvalue weighted by molar-refractivity contribution is -0.141. The number of nitrogens with one attached hydrogen (secondary N) is 1. The number of benzene rings is 1. The molecule has 1 aromatic carbocycles. The summed E-state index contributed by atoms with van der Waals surface area (Å²) in [7, 11) is 0. The fraction of sp³-hybridized carbons (Fsp3) is 0.526. The molecule has 3 unspecified atom stereocenters.